The molecule has 0 radical (unpaired) electrons. The highest BCUT2D eigenvalue weighted by Crippen LogP contribution is 2.14. The summed E-state index contributed by atoms with van der Waals surface area (Å²) >= 11 is 0. The van der Waals surface area contributed by atoms with Gasteiger partial charge in [0.25, 0.3) is 5.91 Å². The van der Waals surface area contributed by atoms with Crippen LogP contribution >= 0.6 is 0 Å². The van der Waals surface area contributed by atoms with E-state index in [0.717, 1.165) is 43.9 Å². The second-order valence-corrected chi connectivity index (χ2v) is 5.91. The van der Waals surface area contributed by atoms with Crippen LogP contribution in [0.3, 0.4) is 0 Å². The molecule has 116 valence electrons. The zero-order valence-electron chi connectivity index (χ0n) is 13.2. The quantitative estimate of drug-likeness (QED) is 0.866. The van der Waals surface area contributed by atoms with Gasteiger partial charge in [0.1, 0.15) is 0 Å². The fourth-order valence-electron chi connectivity index (χ4n) is 2.90. The average molecular weight is 298 g/mol. The Bertz CT molecular complexity index is 656. The molecule has 2 aromatic rings. The van der Waals surface area contributed by atoms with E-state index in [1.165, 1.54) is 5.56 Å². The van der Waals surface area contributed by atoms with E-state index in [1.54, 1.807) is 0 Å². The Labute approximate surface area is 131 Å². The monoisotopic (exact) mass is 298 g/mol. The summed E-state index contributed by atoms with van der Waals surface area (Å²) in [5.41, 5.74) is 3.09. The molecule has 0 aliphatic carbocycles. The van der Waals surface area contributed by atoms with Crippen molar-refractivity contribution < 1.29 is 4.79 Å². The van der Waals surface area contributed by atoms with E-state index in [1.807, 2.05) is 60.2 Å². The fraction of sp³-hybridized carbons (Fsp3) is 0.412. The molecule has 1 amide bonds. The Morgan fingerprint density at radius 3 is 2.55 bits per heavy atom. The number of carbonyl (C=O) groups excluding carboxylic acids is 1. The predicted molar refractivity (Wildman–Crippen MR) is 85.6 cm³/mol. The van der Waals surface area contributed by atoms with Crippen LogP contribution in [0.15, 0.2) is 36.7 Å². The zero-order valence-corrected chi connectivity index (χ0v) is 13.2. The lowest BCUT2D eigenvalue weighted by molar-refractivity contribution is 0.0627. The van der Waals surface area contributed by atoms with Gasteiger partial charge in [-0.05, 0) is 18.6 Å². The maximum Gasteiger partial charge on any atom is 0.254 e. The second kappa shape index (κ2) is 6.32. The summed E-state index contributed by atoms with van der Waals surface area (Å²) in [7, 11) is 1.93. The van der Waals surface area contributed by atoms with Gasteiger partial charge in [0, 0.05) is 57.1 Å². The molecule has 0 unspecified atom stereocenters. The maximum absolute atomic E-state index is 12.6. The molecule has 5 nitrogen and oxygen atoms in total. The number of carbonyl (C=O) groups is 1. The van der Waals surface area contributed by atoms with Crippen LogP contribution in [0.1, 0.15) is 21.5 Å². The van der Waals surface area contributed by atoms with Crippen molar-refractivity contribution in [1.29, 1.82) is 0 Å². The molecule has 0 spiro atoms. The summed E-state index contributed by atoms with van der Waals surface area (Å²) in [4.78, 5) is 16.9. The summed E-state index contributed by atoms with van der Waals surface area (Å²) in [6, 6.07) is 7.81. The van der Waals surface area contributed by atoms with E-state index in [0.29, 0.717) is 0 Å². The molecular formula is C17H22N4O. The molecule has 5 heteroatoms. The first kappa shape index (κ1) is 14.8. The van der Waals surface area contributed by atoms with E-state index < -0.39 is 0 Å². The van der Waals surface area contributed by atoms with Gasteiger partial charge in [-0.3, -0.25) is 14.4 Å². The molecule has 0 bridgehead atoms. The molecule has 0 atom stereocenters. The normalized spacial score (nSPS) is 16.0. The largest absolute Gasteiger partial charge is 0.336 e. The number of nitrogens with zero attached hydrogens (tertiary/aromatic N) is 4. The Kier molecular flexibility index (Phi) is 4.24. The lowest BCUT2D eigenvalue weighted by atomic mass is 10.1. The molecule has 3 rings (SSSR count). The number of aromatic nitrogens is 2. The Balaban J connectivity index is 1.57. The van der Waals surface area contributed by atoms with Crippen molar-refractivity contribution in [3.05, 3.63) is 53.3 Å². The number of rotatable bonds is 3. The van der Waals surface area contributed by atoms with Crippen molar-refractivity contribution in [2.45, 2.75) is 13.5 Å². The molecule has 2 heterocycles. The summed E-state index contributed by atoms with van der Waals surface area (Å²) < 4.78 is 1.83. The van der Waals surface area contributed by atoms with Gasteiger partial charge in [-0.25, -0.2) is 0 Å². The van der Waals surface area contributed by atoms with Crippen molar-refractivity contribution in [3.8, 4) is 0 Å². The predicted octanol–water partition coefficient (Wildman–Crippen LogP) is 1.69. The van der Waals surface area contributed by atoms with Gasteiger partial charge in [0.2, 0.25) is 0 Å². The fourth-order valence-corrected chi connectivity index (χ4v) is 2.90. The van der Waals surface area contributed by atoms with Crippen molar-refractivity contribution in [1.82, 2.24) is 19.6 Å². The molecule has 1 aliphatic rings. The van der Waals surface area contributed by atoms with Crippen LogP contribution in [-0.4, -0.2) is 51.7 Å². The van der Waals surface area contributed by atoms with E-state index in [9.17, 15) is 4.79 Å². The summed E-state index contributed by atoms with van der Waals surface area (Å²) in [5, 5.41) is 4.20. The molecule has 22 heavy (non-hydrogen) atoms. The van der Waals surface area contributed by atoms with E-state index in [-0.39, 0.29) is 5.91 Å². The first-order valence-corrected chi connectivity index (χ1v) is 7.68. The van der Waals surface area contributed by atoms with Crippen molar-refractivity contribution in [3.63, 3.8) is 0 Å². The van der Waals surface area contributed by atoms with Crippen molar-refractivity contribution >= 4 is 5.91 Å². The van der Waals surface area contributed by atoms with Crippen LogP contribution in [0, 0.1) is 6.92 Å². The van der Waals surface area contributed by atoms with Crippen LogP contribution in [0.5, 0.6) is 0 Å². The lowest BCUT2D eigenvalue weighted by Gasteiger charge is -2.34. The van der Waals surface area contributed by atoms with Gasteiger partial charge in [-0.2, -0.15) is 5.10 Å². The van der Waals surface area contributed by atoms with E-state index in [4.69, 9.17) is 0 Å². The Morgan fingerprint density at radius 2 is 1.91 bits per heavy atom. The van der Waals surface area contributed by atoms with Gasteiger partial charge in [0.05, 0.1) is 6.20 Å². The SMILES string of the molecule is Cc1ccccc1C(=O)N1CCN(Cc2cnn(C)c2)CC1. The highest BCUT2D eigenvalue weighted by atomic mass is 16.2. The van der Waals surface area contributed by atoms with Gasteiger partial charge in [0.15, 0.2) is 0 Å². The van der Waals surface area contributed by atoms with Crippen LogP contribution in [0.4, 0.5) is 0 Å². The van der Waals surface area contributed by atoms with Gasteiger partial charge >= 0.3 is 0 Å². The third-order valence-corrected chi connectivity index (χ3v) is 4.20. The maximum atomic E-state index is 12.6. The highest BCUT2D eigenvalue weighted by molar-refractivity contribution is 5.95. The van der Waals surface area contributed by atoms with E-state index in [2.05, 4.69) is 10.00 Å². The first-order chi connectivity index (χ1) is 10.6. The van der Waals surface area contributed by atoms with Crippen LogP contribution in [-0.2, 0) is 13.6 Å². The molecule has 1 aromatic carbocycles. The minimum Gasteiger partial charge on any atom is -0.336 e. The standard InChI is InChI=1S/C17H22N4O/c1-14-5-3-4-6-16(14)17(22)21-9-7-20(8-10-21)13-15-11-18-19(2)12-15/h3-6,11-12H,7-10,13H2,1-2H3. The molecule has 1 saturated heterocycles. The molecule has 1 fully saturated rings. The zero-order chi connectivity index (χ0) is 15.5. The summed E-state index contributed by atoms with van der Waals surface area (Å²) in [6.45, 7) is 6.28. The third kappa shape index (κ3) is 3.20. The van der Waals surface area contributed by atoms with Crippen LogP contribution < -0.4 is 0 Å². The number of hydrogen-bond donors (Lipinski definition) is 0. The van der Waals surface area contributed by atoms with Crippen molar-refractivity contribution in [2.24, 2.45) is 7.05 Å². The van der Waals surface area contributed by atoms with Gasteiger partial charge < -0.3 is 4.90 Å². The third-order valence-electron chi connectivity index (χ3n) is 4.20. The van der Waals surface area contributed by atoms with Gasteiger partial charge in [-0.1, -0.05) is 18.2 Å². The smallest absolute Gasteiger partial charge is 0.254 e. The minimum atomic E-state index is 0.152. The van der Waals surface area contributed by atoms with Gasteiger partial charge in [-0.15, -0.1) is 0 Å². The Morgan fingerprint density at radius 1 is 1.18 bits per heavy atom. The molecule has 0 N–H and O–H groups in total. The molecular weight excluding hydrogens is 276 g/mol. The number of amides is 1. The average Bonchev–Trinajstić information content (AvgIpc) is 2.93. The van der Waals surface area contributed by atoms with Crippen LogP contribution in [0.2, 0.25) is 0 Å². The number of piperazine rings is 1. The molecule has 1 aliphatic heterocycles. The number of hydrogen-bond acceptors (Lipinski definition) is 3. The number of benzene rings is 1. The lowest BCUT2D eigenvalue weighted by Crippen LogP contribution is -2.48. The van der Waals surface area contributed by atoms with E-state index >= 15 is 0 Å². The van der Waals surface area contributed by atoms with Crippen LogP contribution in [0.25, 0.3) is 0 Å². The molecule has 1 aromatic heterocycles. The summed E-state index contributed by atoms with van der Waals surface area (Å²) in [5.74, 6) is 0.152. The second-order valence-electron chi connectivity index (χ2n) is 5.91. The Hall–Kier alpha value is -2.14. The van der Waals surface area contributed by atoms with Crippen molar-refractivity contribution in [2.75, 3.05) is 26.2 Å². The topological polar surface area (TPSA) is 41.4 Å². The minimum absolute atomic E-state index is 0.152. The highest BCUT2D eigenvalue weighted by Gasteiger charge is 2.23. The molecule has 0 saturated carbocycles. The summed E-state index contributed by atoms with van der Waals surface area (Å²) in [6.07, 6.45) is 3.95. The number of aryl methyl sites for hydroxylation is 2. The first-order valence-electron chi connectivity index (χ1n) is 7.68.